The quantitative estimate of drug-likeness (QED) is 0.0726. The maximum atomic E-state index is 7.61. The van der Waals surface area contributed by atoms with Crippen LogP contribution in [0, 0.1) is 0 Å². The molecule has 4 heterocycles. The molecule has 12 heteroatoms. The molecule has 0 aliphatic carbocycles. The van der Waals surface area contributed by atoms with Gasteiger partial charge in [-0.2, -0.15) is 0 Å². The zero-order valence-electron chi connectivity index (χ0n) is 42.6. The monoisotopic (exact) mass is 1010 g/mol. The lowest BCUT2D eigenvalue weighted by Gasteiger charge is -2.53. The molecule has 4 aliphatic rings. The van der Waals surface area contributed by atoms with E-state index < -0.39 is 81.2 Å². The molecule has 4 saturated heterocycles. The largest absolute Gasteiger partial charge is 0.405 e. The van der Waals surface area contributed by atoms with Crippen LogP contribution in [-0.4, -0.2) is 101 Å². The highest BCUT2D eigenvalue weighted by atomic mass is 28.4. The fraction of sp³-hybridized carbons (Fsp3) is 0.410. The van der Waals surface area contributed by atoms with E-state index in [0.29, 0.717) is 19.8 Å². The fourth-order valence-corrected chi connectivity index (χ4v) is 15.7. The van der Waals surface area contributed by atoms with Crippen LogP contribution in [-0.2, 0) is 78.2 Å². The van der Waals surface area contributed by atoms with Crippen molar-refractivity contribution >= 4 is 18.7 Å². The second kappa shape index (κ2) is 23.3. The Bertz CT molecular complexity index is 2550. The lowest BCUT2D eigenvalue weighted by atomic mass is 9.84. The van der Waals surface area contributed by atoms with Crippen molar-refractivity contribution < 1.29 is 51.8 Å². The molecule has 0 amide bonds. The average molecular weight is 1010 g/mol. The van der Waals surface area contributed by atoms with E-state index in [1.165, 1.54) is 10.4 Å². The molecule has 11 nitrogen and oxygen atoms in total. The first-order valence-corrected chi connectivity index (χ1v) is 27.7. The second-order valence-electron chi connectivity index (χ2n) is 21.0. The number of rotatable bonds is 19. The Balaban J connectivity index is 1.03. The minimum absolute atomic E-state index is 0.0324. The first kappa shape index (κ1) is 51.6. The van der Waals surface area contributed by atoms with Crippen LogP contribution in [0.2, 0.25) is 5.04 Å². The summed E-state index contributed by atoms with van der Waals surface area (Å²) in [4.78, 5) is 0. The van der Waals surface area contributed by atoms with Crippen LogP contribution >= 0.6 is 0 Å². The second-order valence-corrected chi connectivity index (χ2v) is 25.3. The van der Waals surface area contributed by atoms with Crippen LogP contribution in [0.3, 0.4) is 0 Å². The number of hydrogen-bond acceptors (Lipinski definition) is 11. The molecule has 384 valence electrons. The predicted molar refractivity (Wildman–Crippen MR) is 280 cm³/mol. The molecular weight excluding hydrogens is 937 g/mol. The van der Waals surface area contributed by atoms with Crippen LogP contribution in [0.25, 0.3) is 0 Å². The van der Waals surface area contributed by atoms with Gasteiger partial charge in [0.1, 0.15) is 73.9 Å². The summed E-state index contributed by atoms with van der Waals surface area (Å²) in [6, 6.07) is 61.9. The van der Waals surface area contributed by atoms with E-state index in [1.807, 2.05) is 86.6 Å². The minimum atomic E-state index is -3.02. The Labute approximate surface area is 432 Å². The van der Waals surface area contributed by atoms with Gasteiger partial charge in [-0.05, 0) is 51.5 Å². The van der Waals surface area contributed by atoms with Gasteiger partial charge in [0.05, 0.1) is 39.6 Å². The van der Waals surface area contributed by atoms with E-state index in [9.17, 15) is 0 Å². The number of benzene rings is 6. The average Bonchev–Trinajstić information content (AvgIpc) is 3.76. The van der Waals surface area contributed by atoms with Crippen molar-refractivity contribution in [2.75, 3.05) is 20.0 Å². The summed E-state index contributed by atoms with van der Waals surface area (Å²) in [5.41, 5.74) is 4.08. The highest BCUT2D eigenvalue weighted by molar-refractivity contribution is 6.99. The lowest BCUT2D eigenvalue weighted by molar-refractivity contribution is -0.349. The lowest BCUT2D eigenvalue weighted by Crippen LogP contribution is -2.71. The molecule has 6 aromatic carbocycles. The molecule has 11 atom stereocenters. The van der Waals surface area contributed by atoms with Gasteiger partial charge in [0, 0.05) is 0 Å². The summed E-state index contributed by atoms with van der Waals surface area (Å²) < 4.78 is 77.5. The third kappa shape index (κ3) is 11.8. The molecule has 0 spiro atoms. The van der Waals surface area contributed by atoms with Crippen molar-refractivity contribution in [2.24, 2.45) is 0 Å². The molecule has 4 aliphatic heterocycles. The summed E-state index contributed by atoms with van der Waals surface area (Å²) in [6.45, 7) is 12.4. The molecule has 10 rings (SSSR count). The third-order valence-electron chi connectivity index (χ3n) is 14.5. The van der Waals surface area contributed by atoms with Crippen molar-refractivity contribution in [2.45, 2.75) is 139 Å². The standard InChI is InChI=1S/C61H70O11Si/c1-60(2,3)73(47-32-20-10-21-33-47,48-34-22-11-23-35-48)68-41-50-52-59(72-61(4,5)71-52)56-58(70-50)55(66-42-67-56)57-54(65-39-46-30-18-9-19-31-46)53(64-38-45-28-16-8-17-29-45)51(63-37-44-26-14-7-15-27-44)49(69-57)40-62-36-43-24-12-6-13-25-43/h6-35,49-59H,36-42H2,1-5H3/t49-,50-,51-,52+,53+,54+,55+,56+,57+,58+,59+/m1/s1. The number of ether oxygens (including phenoxy) is 10. The zero-order chi connectivity index (χ0) is 50.3. The topological polar surface area (TPSA) is 102 Å². The van der Waals surface area contributed by atoms with Gasteiger partial charge in [-0.25, -0.2) is 0 Å². The Morgan fingerprint density at radius 1 is 0.438 bits per heavy atom. The smallest absolute Gasteiger partial charge is 0.261 e. The first-order valence-electron chi connectivity index (χ1n) is 25.8. The summed E-state index contributed by atoms with van der Waals surface area (Å²) in [6.07, 6.45) is -7.09. The third-order valence-corrected chi connectivity index (χ3v) is 19.5. The van der Waals surface area contributed by atoms with Gasteiger partial charge in [-0.3, -0.25) is 0 Å². The normalized spacial score (nSPS) is 28.0. The van der Waals surface area contributed by atoms with Crippen molar-refractivity contribution in [1.82, 2.24) is 0 Å². The van der Waals surface area contributed by atoms with Crippen LogP contribution in [0.1, 0.15) is 56.9 Å². The highest BCUT2D eigenvalue weighted by Crippen LogP contribution is 2.45. The molecule has 6 aromatic rings. The Morgan fingerprint density at radius 3 is 1.34 bits per heavy atom. The number of hydrogen-bond donors (Lipinski definition) is 0. The highest BCUT2D eigenvalue weighted by Gasteiger charge is 2.63. The van der Waals surface area contributed by atoms with Gasteiger partial charge >= 0.3 is 0 Å². The molecule has 73 heavy (non-hydrogen) atoms. The summed E-state index contributed by atoms with van der Waals surface area (Å²) in [5, 5.41) is 2.07. The maximum Gasteiger partial charge on any atom is 0.261 e. The van der Waals surface area contributed by atoms with E-state index in [1.54, 1.807) is 0 Å². The van der Waals surface area contributed by atoms with Crippen molar-refractivity contribution in [3.05, 3.63) is 204 Å². The molecule has 0 aromatic heterocycles. The Kier molecular flexibility index (Phi) is 16.5. The van der Waals surface area contributed by atoms with Gasteiger partial charge in [0.2, 0.25) is 0 Å². The van der Waals surface area contributed by atoms with Gasteiger partial charge in [-0.1, -0.05) is 203 Å². The van der Waals surface area contributed by atoms with E-state index in [2.05, 4.69) is 130 Å². The van der Waals surface area contributed by atoms with Crippen LogP contribution in [0.5, 0.6) is 0 Å². The summed E-state index contributed by atoms with van der Waals surface area (Å²) in [7, 11) is -3.02. The van der Waals surface area contributed by atoms with Crippen LogP contribution < -0.4 is 10.4 Å². The Hall–Kier alpha value is -4.90. The molecule has 0 saturated carbocycles. The van der Waals surface area contributed by atoms with E-state index in [0.717, 1.165) is 22.3 Å². The van der Waals surface area contributed by atoms with Crippen LogP contribution in [0.4, 0.5) is 0 Å². The van der Waals surface area contributed by atoms with Crippen molar-refractivity contribution in [1.29, 1.82) is 0 Å². The molecule has 0 N–H and O–H groups in total. The van der Waals surface area contributed by atoms with E-state index in [-0.39, 0.29) is 31.7 Å². The molecule has 0 radical (unpaired) electrons. The van der Waals surface area contributed by atoms with Gasteiger partial charge < -0.3 is 51.8 Å². The first-order chi connectivity index (χ1) is 35.6. The van der Waals surface area contributed by atoms with E-state index >= 15 is 0 Å². The fourth-order valence-electron chi connectivity index (χ4n) is 11.1. The minimum Gasteiger partial charge on any atom is -0.405 e. The van der Waals surface area contributed by atoms with Gasteiger partial charge in [0.15, 0.2) is 5.79 Å². The summed E-state index contributed by atoms with van der Waals surface area (Å²) >= 11 is 0. The molecule has 0 unspecified atom stereocenters. The van der Waals surface area contributed by atoms with Crippen LogP contribution in [0.15, 0.2) is 182 Å². The molecule has 4 fully saturated rings. The SMILES string of the molecule is CC1(C)O[C@@H]2[C@H]3OCO[C@@H]([C@H]4O[C@H](COCc5ccccc5)[C@@H](OCc5ccccc5)[C@H](OCc5ccccc5)[C@@H]4OCc4ccccc4)[C@@H]3O[C@H](CO[Si](c3ccccc3)(c3ccccc3)C(C)(C)C)[C@@H]2O1. The predicted octanol–water partition coefficient (Wildman–Crippen LogP) is 9.33. The zero-order valence-corrected chi connectivity index (χ0v) is 43.6. The van der Waals surface area contributed by atoms with Crippen molar-refractivity contribution in [3.63, 3.8) is 0 Å². The van der Waals surface area contributed by atoms with Gasteiger partial charge in [0.25, 0.3) is 8.32 Å². The van der Waals surface area contributed by atoms with E-state index in [4.69, 9.17) is 51.8 Å². The molecular formula is C61H70O11Si. The number of fused-ring (bicyclic) bond motifs is 3. The molecule has 0 bridgehead atoms. The van der Waals surface area contributed by atoms with Gasteiger partial charge in [-0.15, -0.1) is 0 Å². The van der Waals surface area contributed by atoms with Crippen molar-refractivity contribution in [3.8, 4) is 0 Å². The summed E-state index contributed by atoms with van der Waals surface area (Å²) in [5.74, 6) is -0.927. The Morgan fingerprint density at radius 2 is 0.849 bits per heavy atom. The maximum absolute atomic E-state index is 7.61.